The van der Waals surface area contributed by atoms with E-state index in [1.165, 1.54) is 61.2 Å². The Balaban J connectivity index is 1.22. The monoisotopic (exact) mass is 616 g/mol. The second-order valence-corrected chi connectivity index (χ2v) is 13.0. The van der Waals surface area contributed by atoms with Crippen molar-refractivity contribution in [2.45, 2.75) is 60.3 Å². The number of ether oxygens (including phenoxy) is 2. The molecular weight excluding hydrogens is 572 g/mol. The van der Waals surface area contributed by atoms with Gasteiger partial charge in [-0.05, 0) is 148 Å². The van der Waals surface area contributed by atoms with Crippen molar-refractivity contribution in [2.24, 2.45) is 0 Å². The van der Waals surface area contributed by atoms with E-state index in [1.807, 2.05) is 24.3 Å². The Hall–Kier alpha value is -5.08. The third-order valence-corrected chi connectivity index (χ3v) is 8.77. The fourth-order valence-electron chi connectivity index (χ4n) is 6.03. The van der Waals surface area contributed by atoms with E-state index in [0.717, 1.165) is 48.7 Å². The Morgan fingerprint density at radius 3 is 1.43 bits per heavy atom. The summed E-state index contributed by atoms with van der Waals surface area (Å²) >= 11 is 0. The Kier molecular flexibility index (Phi) is 9.88. The van der Waals surface area contributed by atoms with Gasteiger partial charge in [0.1, 0.15) is 23.0 Å². The molecule has 0 N–H and O–H groups in total. The molecule has 0 heterocycles. The van der Waals surface area contributed by atoms with E-state index in [9.17, 15) is 0 Å². The zero-order chi connectivity index (χ0) is 32.8. The number of aryl methyl sites for hydroxylation is 9. The first kappa shape index (κ1) is 31.9. The second-order valence-electron chi connectivity index (χ2n) is 13.0. The van der Waals surface area contributed by atoms with Crippen LogP contribution in [0.1, 0.15) is 50.1 Å². The van der Waals surface area contributed by atoms with E-state index in [4.69, 9.17) is 9.47 Å². The standard InChI is InChI=1S/C45H44O2/c1-31-6-16-39(17-7-31)41-25-34(4)24-36(27-41)13-14-37-26-38(29-45(28-37)47-43-21-10-33(3)11-22-43)15-18-40-30-44(23-12-35(40)5)46-42-19-8-32(2)9-20-42/h6-12,16-17,19-30H,13-15,18H2,1-5H3. The predicted octanol–water partition coefficient (Wildman–Crippen LogP) is 12.1. The van der Waals surface area contributed by atoms with E-state index in [0.29, 0.717) is 0 Å². The molecule has 0 bridgehead atoms. The highest BCUT2D eigenvalue weighted by atomic mass is 16.5. The molecule has 0 unspecified atom stereocenters. The smallest absolute Gasteiger partial charge is 0.127 e. The quantitative estimate of drug-likeness (QED) is 0.144. The number of hydrogen-bond acceptors (Lipinski definition) is 2. The Morgan fingerprint density at radius 1 is 0.340 bits per heavy atom. The van der Waals surface area contributed by atoms with Gasteiger partial charge in [-0.15, -0.1) is 0 Å². The molecule has 6 rings (SSSR count). The first-order valence-electron chi connectivity index (χ1n) is 16.6. The molecule has 0 aliphatic heterocycles. The maximum atomic E-state index is 6.42. The molecule has 236 valence electrons. The lowest BCUT2D eigenvalue weighted by molar-refractivity contribution is 0.480. The van der Waals surface area contributed by atoms with Gasteiger partial charge in [0.25, 0.3) is 0 Å². The van der Waals surface area contributed by atoms with Gasteiger partial charge < -0.3 is 9.47 Å². The van der Waals surface area contributed by atoms with Crippen molar-refractivity contribution in [1.29, 1.82) is 0 Å². The van der Waals surface area contributed by atoms with Crippen LogP contribution >= 0.6 is 0 Å². The summed E-state index contributed by atoms with van der Waals surface area (Å²) in [4.78, 5) is 0. The topological polar surface area (TPSA) is 18.5 Å². The highest BCUT2D eigenvalue weighted by molar-refractivity contribution is 5.65. The Morgan fingerprint density at radius 2 is 0.830 bits per heavy atom. The molecule has 0 saturated heterocycles. The summed E-state index contributed by atoms with van der Waals surface area (Å²) in [6.07, 6.45) is 3.73. The molecule has 0 saturated carbocycles. The third kappa shape index (κ3) is 8.80. The molecule has 0 aliphatic carbocycles. The molecule has 0 spiro atoms. The maximum absolute atomic E-state index is 6.42. The van der Waals surface area contributed by atoms with Gasteiger partial charge in [-0.1, -0.05) is 101 Å². The van der Waals surface area contributed by atoms with Crippen LogP contribution in [-0.4, -0.2) is 0 Å². The number of benzene rings is 6. The van der Waals surface area contributed by atoms with Crippen LogP contribution in [0, 0.1) is 34.6 Å². The molecule has 2 heteroatoms. The second kappa shape index (κ2) is 14.6. The minimum absolute atomic E-state index is 0.857. The molecule has 6 aromatic carbocycles. The van der Waals surface area contributed by atoms with E-state index in [2.05, 4.69) is 138 Å². The van der Waals surface area contributed by atoms with Crippen molar-refractivity contribution >= 4 is 0 Å². The van der Waals surface area contributed by atoms with Gasteiger partial charge in [-0.2, -0.15) is 0 Å². The lowest BCUT2D eigenvalue weighted by Crippen LogP contribution is -1.99. The first-order valence-corrected chi connectivity index (χ1v) is 16.6. The molecule has 0 aliphatic rings. The Labute approximate surface area is 280 Å². The number of hydrogen-bond donors (Lipinski definition) is 0. The minimum atomic E-state index is 0.857. The van der Waals surface area contributed by atoms with Crippen molar-refractivity contribution in [3.8, 4) is 34.1 Å². The van der Waals surface area contributed by atoms with E-state index in [1.54, 1.807) is 0 Å². The van der Waals surface area contributed by atoms with Gasteiger partial charge in [-0.25, -0.2) is 0 Å². The van der Waals surface area contributed by atoms with Gasteiger partial charge in [0.2, 0.25) is 0 Å². The minimum Gasteiger partial charge on any atom is -0.457 e. The zero-order valence-corrected chi connectivity index (χ0v) is 28.3. The van der Waals surface area contributed by atoms with Crippen LogP contribution in [-0.2, 0) is 25.7 Å². The normalized spacial score (nSPS) is 11.0. The molecule has 0 fully saturated rings. The highest BCUT2D eigenvalue weighted by Gasteiger charge is 2.09. The molecular formula is C45H44O2. The number of rotatable bonds is 11. The molecule has 0 atom stereocenters. The van der Waals surface area contributed by atoms with Crippen molar-refractivity contribution < 1.29 is 9.47 Å². The predicted molar refractivity (Wildman–Crippen MR) is 196 cm³/mol. The largest absolute Gasteiger partial charge is 0.457 e. The van der Waals surface area contributed by atoms with Crippen LogP contribution in [0.5, 0.6) is 23.0 Å². The molecule has 0 radical (unpaired) electrons. The van der Waals surface area contributed by atoms with Crippen molar-refractivity contribution in [3.05, 3.63) is 177 Å². The summed E-state index contributed by atoms with van der Waals surface area (Å²) in [7, 11) is 0. The third-order valence-electron chi connectivity index (χ3n) is 8.77. The van der Waals surface area contributed by atoms with E-state index >= 15 is 0 Å². The van der Waals surface area contributed by atoms with Crippen LogP contribution in [0.4, 0.5) is 0 Å². The molecule has 2 nitrogen and oxygen atoms in total. The summed E-state index contributed by atoms with van der Waals surface area (Å²) in [6, 6.07) is 45.4. The SMILES string of the molecule is Cc1ccc(Oc2cc(CCc3cc(C)cc(-c4ccc(C)cc4)c3)cc(CCc3cc(Oc4ccc(C)cc4)ccc3C)c2)cc1. The summed E-state index contributed by atoms with van der Waals surface area (Å²) in [5.74, 6) is 3.47. The lowest BCUT2D eigenvalue weighted by Gasteiger charge is -2.14. The van der Waals surface area contributed by atoms with Crippen LogP contribution in [0.25, 0.3) is 11.1 Å². The summed E-state index contributed by atoms with van der Waals surface area (Å²) in [5.41, 5.74) is 14.0. The molecule has 0 amide bonds. The van der Waals surface area contributed by atoms with Gasteiger partial charge >= 0.3 is 0 Å². The average molecular weight is 617 g/mol. The van der Waals surface area contributed by atoms with Crippen LogP contribution < -0.4 is 9.47 Å². The van der Waals surface area contributed by atoms with Gasteiger partial charge in [0, 0.05) is 0 Å². The maximum Gasteiger partial charge on any atom is 0.127 e. The first-order chi connectivity index (χ1) is 22.8. The van der Waals surface area contributed by atoms with Crippen LogP contribution in [0.3, 0.4) is 0 Å². The van der Waals surface area contributed by atoms with Crippen LogP contribution in [0.2, 0.25) is 0 Å². The summed E-state index contributed by atoms with van der Waals surface area (Å²) in [6.45, 7) is 10.7. The summed E-state index contributed by atoms with van der Waals surface area (Å²) in [5, 5.41) is 0. The fourth-order valence-corrected chi connectivity index (χ4v) is 6.03. The van der Waals surface area contributed by atoms with Crippen molar-refractivity contribution in [1.82, 2.24) is 0 Å². The lowest BCUT2D eigenvalue weighted by atomic mass is 9.95. The van der Waals surface area contributed by atoms with Gasteiger partial charge in [0.05, 0.1) is 0 Å². The van der Waals surface area contributed by atoms with Gasteiger partial charge in [0.15, 0.2) is 0 Å². The average Bonchev–Trinajstić information content (AvgIpc) is 3.06. The zero-order valence-electron chi connectivity index (χ0n) is 28.3. The fraction of sp³-hybridized carbons (Fsp3) is 0.200. The highest BCUT2D eigenvalue weighted by Crippen LogP contribution is 2.29. The van der Waals surface area contributed by atoms with Crippen molar-refractivity contribution in [3.63, 3.8) is 0 Å². The summed E-state index contributed by atoms with van der Waals surface area (Å²) < 4.78 is 12.6. The van der Waals surface area contributed by atoms with Crippen molar-refractivity contribution in [2.75, 3.05) is 0 Å². The molecule has 6 aromatic rings. The molecule has 47 heavy (non-hydrogen) atoms. The Bertz CT molecular complexity index is 1950. The van der Waals surface area contributed by atoms with E-state index < -0.39 is 0 Å². The van der Waals surface area contributed by atoms with Crippen LogP contribution in [0.15, 0.2) is 127 Å². The molecule has 0 aromatic heterocycles. The van der Waals surface area contributed by atoms with E-state index in [-0.39, 0.29) is 0 Å². The van der Waals surface area contributed by atoms with Gasteiger partial charge in [-0.3, -0.25) is 0 Å².